The lowest BCUT2D eigenvalue weighted by Gasteiger charge is -2.44. The van der Waals surface area contributed by atoms with Gasteiger partial charge in [-0.3, -0.25) is 9.48 Å². The minimum absolute atomic E-state index is 0.0369. The summed E-state index contributed by atoms with van der Waals surface area (Å²) in [6.45, 7) is 6.41. The Kier molecular flexibility index (Phi) is 4.97. The van der Waals surface area contributed by atoms with Crippen molar-refractivity contribution in [3.63, 3.8) is 0 Å². The molecule has 0 aromatic carbocycles. The van der Waals surface area contributed by atoms with Crippen LogP contribution in [0, 0.1) is 5.92 Å². The van der Waals surface area contributed by atoms with Gasteiger partial charge in [0, 0.05) is 27.3 Å². The maximum atomic E-state index is 13.0. The minimum Gasteiger partial charge on any atom is -0.377 e. The van der Waals surface area contributed by atoms with Gasteiger partial charge in [-0.25, -0.2) is 0 Å². The summed E-state index contributed by atoms with van der Waals surface area (Å²) in [5.41, 5.74) is 1.44. The van der Waals surface area contributed by atoms with Crippen molar-refractivity contribution in [1.82, 2.24) is 14.7 Å². The second-order valence-corrected chi connectivity index (χ2v) is 7.48. The van der Waals surface area contributed by atoms with Crippen molar-refractivity contribution in [2.24, 2.45) is 13.0 Å². The van der Waals surface area contributed by atoms with E-state index < -0.39 is 0 Å². The first-order valence-corrected chi connectivity index (χ1v) is 8.94. The number of likely N-dealkylation sites (tertiary alicyclic amines) is 1. The molecule has 0 aliphatic carbocycles. The molecule has 24 heavy (non-hydrogen) atoms. The van der Waals surface area contributed by atoms with Crippen molar-refractivity contribution in [3.8, 4) is 0 Å². The lowest BCUT2D eigenvalue weighted by Crippen LogP contribution is -2.57. The molecule has 134 valence electrons. The smallest absolute Gasteiger partial charge is 0.272 e. The van der Waals surface area contributed by atoms with Crippen LogP contribution in [0.1, 0.15) is 49.3 Å². The van der Waals surface area contributed by atoms with E-state index in [4.69, 9.17) is 9.47 Å². The standard InChI is InChI=1S/C18H29N3O3/c1-13(2)10-14-11-15(20(3)19-14)17(22)21-8-7-18(6-5-9-24-18)16(12-21)23-4/h11,13,16H,5-10,12H2,1-4H3/t16-,18-/m0/s1. The van der Waals surface area contributed by atoms with Gasteiger partial charge in [0.25, 0.3) is 5.91 Å². The Morgan fingerprint density at radius 1 is 1.50 bits per heavy atom. The highest BCUT2D eigenvalue weighted by Gasteiger charge is 2.47. The first-order chi connectivity index (χ1) is 11.4. The van der Waals surface area contributed by atoms with Crippen LogP contribution in [-0.4, -0.2) is 59.1 Å². The molecule has 0 radical (unpaired) electrons. The number of carbonyl (C=O) groups is 1. The van der Waals surface area contributed by atoms with Gasteiger partial charge in [-0.2, -0.15) is 5.10 Å². The minimum atomic E-state index is -0.194. The molecule has 1 amide bonds. The average Bonchev–Trinajstić information content (AvgIpc) is 3.14. The number of aromatic nitrogens is 2. The third-order valence-corrected chi connectivity index (χ3v) is 5.25. The van der Waals surface area contributed by atoms with E-state index in [1.54, 1.807) is 11.8 Å². The Morgan fingerprint density at radius 2 is 2.29 bits per heavy atom. The average molecular weight is 335 g/mol. The van der Waals surface area contributed by atoms with Crippen molar-refractivity contribution >= 4 is 5.91 Å². The Bertz CT molecular complexity index is 590. The number of nitrogens with zero attached hydrogens (tertiary/aromatic N) is 3. The molecule has 0 saturated carbocycles. The third kappa shape index (κ3) is 3.22. The molecule has 1 spiro atoms. The summed E-state index contributed by atoms with van der Waals surface area (Å²) in [5.74, 6) is 0.560. The van der Waals surface area contributed by atoms with Gasteiger partial charge in [-0.15, -0.1) is 0 Å². The molecule has 0 unspecified atom stereocenters. The number of rotatable bonds is 4. The normalized spacial score (nSPS) is 27.4. The monoisotopic (exact) mass is 335 g/mol. The van der Waals surface area contributed by atoms with Gasteiger partial charge in [0.15, 0.2) is 0 Å². The number of methoxy groups -OCH3 is 1. The molecular weight excluding hydrogens is 306 g/mol. The number of piperidine rings is 1. The predicted octanol–water partition coefficient (Wildman–Crippen LogP) is 2.03. The van der Waals surface area contributed by atoms with Crippen LogP contribution in [-0.2, 0) is 22.9 Å². The predicted molar refractivity (Wildman–Crippen MR) is 91.0 cm³/mol. The molecule has 0 N–H and O–H groups in total. The zero-order valence-corrected chi connectivity index (χ0v) is 15.2. The van der Waals surface area contributed by atoms with Gasteiger partial charge in [0.2, 0.25) is 0 Å². The van der Waals surface area contributed by atoms with Gasteiger partial charge < -0.3 is 14.4 Å². The van der Waals surface area contributed by atoms with Crippen LogP contribution < -0.4 is 0 Å². The van der Waals surface area contributed by atoms with E-state index in [2.05, 4.69) is 18.9 Å². The maximum absolute atomic E-state index is 13.0. The van der Waals surface area contributed by atoms with Crippen molar-refractivity contribution in [2.75, 3.05) is 26.8 Å². The number of aryl methyl sites for hydroxylation is 1. The highest BCUT2D eigenvalue weighted by molar-refractivity contribution is 5.92. The largest absolute Gasteiger partial charge is 0.377 e. The lowest BCUT2D eigenvalue weighted by atomic mass is 9.85. The van der Waals surface area contributed by atoms with Crippen LogP contribution in [0.15, 0.2) is 6.07 Å². The molecule has 2 aliphatic heterocycles. The van der Waals surface area contributed by atoms with Gasteiger partial charge >= 0.3 is 0 Å². The summed E-state index contributed by atoms with van der Waals surface area (Å²) in [6.07, 6.45) is 3.78. The van der Waals surface area contributed by atoms with Crippen LogP contribution in [0.4, 0.5) is 0 Å². The summed E-state index contributed by atoms with van der Waals surface area (Å²) < 4.78 is 13.4. The first-order valence-electron chi connectivity index (χ1n) is 8.94. The number of carbonyl (C=O) groups excluding carboxylic acids is 1. The Balaban J connectivity index is 1.73. The molecule has 2 aliphatic rings. The highest BCUT2D eigenvalue weighted by atomic mass is 16.5. The van der Waals surface area contributed by atoms with E-state index in [0.717, 1.165) is 38.0 Å². The Labute approximate surface area is 144 Å². The molecular formula is C18H29N3O3. The number of hydrogen-bond acceptors (Lipinski definition) is 4. The fraction of sp³-hybridized carbons (Fsp3) is 0.778. The second kappa shape index (κ2) is 6.84. The first kappa shape index (κ1) is 17.4. The molecule has 1 aromatic rings. The van der Waals surface area contributed by atoms with Gasteiger partial charge in [0.05, 0.1) is 17.8 Å². The molecule has 3 rings (SSSR count). The van der Waals surface area contributed by atoms with Crippen LogP contribution in [0.5, 0.6) is 0 Å². The summed E-state index contributed by atoms with van der Waals surface area (Å²) >= 11 is 0. The van der Waals surface area contributed by atoms with Crippen molar-refractivity contribution < 1.29 is 14.3 Å². The van der Waals surface area contributed by atoms with Crippen molar-refractivity contribution in [2.45, 2.75) is 51.2 Å². The van der Waals surface area contributed by atoms with Crippen LogP contribution in [0.3, 0.4) is 0 Å². The molecule has 2 fully saturated rings. The highest BCUT2D eigenvalue weighted by Crippen LogP contribution is 2.37. The van der Waals surface area contributed by atoms with E-state index in [-0.39, 0.29) is 17.6 Å². The molecule has 6 nitrogen and oxygen atoms in total. The summed E-state index contributed by atoms with van der Waals surface area (Å²) in [7, 11) is 3.56. The number of amides is 1. The van der Waals surface area contributed by atoms with Crippen LogP contribution in [0.2, 0.25) is 0 Å². The summed E-state index contributed by atoms with van der Waals surface area (Å²) in [5, 5.41) is 4.49. The molecule has 0 bridgehead atoms. The fourth-order valence-corrected chi connectivity index (χ4v) is 3.99. The van der Waals surface area contributed by atoms with E-state index in [1.165, 1.54) is 0 Å². The molecule has 2 saturated heterocycles. The lowest BCUT2D eigenvalue weighted by molar-refractivity contribution is -0.136. The van der Waals surface area contributed by atoms with Crippen molar-refractivity contribution in [3.05, 3.63) is 17.5 Å². The third-order valence-electron chi connectivity index (χ3n) is 5.25. The Morgan fingerprint density at radius 3 is 2.92 bits per heavy atom. The van der Waals surface area contributed by atoms with E-state index in [9.17, 15) is 4.79 Å². The van der Waals surface area contributed by atoms with E-state index >= 15 is 0 Å². The quantitative estimate of drug-likeness (QED) is 0.845. The fourth-order valence-electron chi connectivity index (χ4n) is 3.99. The zero-order chi connectivity index (χ0) is 17.3. The SMILES string of the molecule is CO[C@H]1CN(C(=O)c2cc(CC(C)C)nn2C)CC[C@@]12CCCO2. The van der Waals surface area contributed by atoms with Gasteiger partial charge in [-0.1, -0.05) is 13.8 Å². The number of ether oxygens (including phenoxy) is 2. The van der Waals surface area contributed by atoms with Crippen LogP contribution in [0.25, 0.3) is 0 Å². The van der Waals surface area contributed by atoms with Crippen molar-refractivity contribution in [1.29, 1.82) is 0 Å². The van der Waals surface area contributed by atoms with E-state index in [0.29, 0.717) is 24.7 Å². The maximum Gasteiger partial charge on any atom is 0.272 e. The molecule has 1 aromatic heterocycles. The zero-order valence-electron chi connectivity index (χ0n) is 15.2. The van der Waals surface area contributed by atoms with Gasteiger partial charge in [0.1, 0.15) is 11.8 Å². The van der Waals surface area contributed by atoms with Gasteiger partial charge in [-0.05, 0) is 37.7 Å². The molecule has 2 atom stereocenters. The van der Waals surface area contributed by atoms with E-state index in [1.807, 2.05) is 18.0 Å². The summed E-state index contributed by atoms with van der Waals surface area (Å²) in [4.78, 5) is 14.8. The van der Waals surface area contributed by atoms with Crippen LogP contribution >= 0.6 is 0 Å². The summed E-state index contributed by atoms with van der Waals surface area (Å²) in [6, 6.07) is 1.93. The number of hydrogen-bond donors (Lipinski definition) is 0. The molecule has 6 heteroatoms. The Hall–Kier alpha value is -1.40. The molecule has 3 heterocycles. The second-order valence-electron chi connectivity index (χ2n) is 7.48. The topological polar surface area (TPSA) is 56.6 Å².